The fourth-order valence-electron chi connectivity index (χ4n) is 2.71. The van der Waals surface area contributed by atoms with Gasteiger partial charge in [0.2, 0.25) is 0 Å². The molecule has 3 rings (SSSR count). The summed E-state index contributed by atoms with van der Waals surface area (Å²) in [5.41, 5.74) is 3.37. The van der Waals surface area contributed by atoms with E-state index in [9.17, 15) is 4.39 Å². The molecule has 21 heavy (non-hydrogen) atoms. The van der Waals surface area contributed by atoms with E-state index in [1.807, 2.05) is 18.2 Å². The molecule has 1 heterocycles. The molecule has 0 aromatic heterocycles. The standard InChI is InChI=1S/C17H16FN3/c18-16-6-5-14(9-13(16)10-19)21-17-7-8-20-11-12-3-1-2-4-15(12)17/h1-6,9,17,20-21H,7-8,11H2. The molecule has 0 saturated heterocycles. The molecule has 2 aromatic carbocycles. The third-order valence-electron chi connectivity index (χ3n) is 3.78. The van der Waals surface area contributed by atoms with Gasteiger partial charge in [-0.15, -0.1) is 0 Å². The van der Waals surface area contributed by atoms with E-state index in [0.717, 1.165) is 25.2 Å². The van der Waals surface area contributed by atoms with Crippen LogP contribution in [0, 0.1) is 17.1 Å². The third-order valence-corrected chi connectivity index (χ3v) is 3.78. The van der Waals surface area contributed by atoms with Gasteiger partial charge in [0, 0.05) is 12.2 Å². The maximum absolute atomic E-state index is 13.4. The van der Waals surface area contributed by atoms with Crippen LogP contribution in [0.5, 0.6) is 0 Å². The molecule has 0 spiro atoms. The van der Waals surface area contributed by atoms with Gasteiger partial charge in [0.25, 0.3) is 0 Å². The van der Waals surface area contributed by atoms with Gasteiger partial charge in [0.1, 0.15) is 11.9 Å². The van der Waals surface area contributed by atoms with E-state index in [0.29, 0.717) is 0 Å². The van der Waals surface area contributed by atoms with Crippen molar-refractivity contribution in [2.75, 3.05) is 11.9 Å². The highest BCUT2D eigenvalue weighted by molar-refractivity contribution is 5.52. The number of anilines is 1. The number of rotatable bonds is 2. The van der Waals surface area contributed by atoms with Crippen LogP contribution in [-0.4, -0.2) is 6.54 Å². The van der Waals surface area contributed by atoms with Crippen molar-refractivity contribution in [3.63, 3.8) is 0 Å². The first-order chi connectivity index (χ1) is 10.3. The monoisotopic (exact) mass is 281 g/mol. The van der Waals surface area contributed by atoms with Crippen molar-refractivity contribution in [3.05, 3.63) is 65.0 Å². The van der Waals surface area contributed by atoms with Crippen LogP contribution in [0.4, 0.5) is 10.1 Å². The summed E-state index contributed by atoms with van der Waals surface area (Å²) < 4.78 is 13.4. The van der Waals surface area contributed by atoms with E-state index >= 15 is 0 Å². The second kappa shape index (κ2) is 5.94. The molecule has 2 aromatic rings. The Hall–Kier alpha value is -2.38. The van der Waals surface area contributed by atoms with Gasteiger partial charge < -0.3 is 10.6 Å². The average molecular weight is 281 g/mol. The first-order valence-corrected chi connectivity index (χ1v) is 7.02. The van der Waals surface area contributed by atoms with Crippen molar-refractivity contribution in [3.8, 4) is 6.07 Å². The van der Waals surface area contributed by atoms with Crippen LogP contribution in [0.1, 0.15) is 29.2 Å². The van der Waals surface area contributed by atoms with Gasteiger partial charge in [-0.05, 0) is 42.3 Å². The summed E-state index contributed by atoms with van der Waals surface area (Å²) in [4.78, 5) is 0. The Bertz CT molecular complexity index is 691. The maximum atomic E-state index is 13.4. The second-order valence-corrected chi connectivity index (χ2v) is 5.17. The van der Waals surface area contributed by atoms with Gasteiger partial charge in [-0.2, -0.15) is 5.26 Å². The summed E-state index contributed by atoms with van der Waals surface area (Å²) in [5.74, 6) is -0.481. The molecule has 0 amide bonds. The first-order valence-electron chi connectivity index (χ1n) is 7.02. The molecule has 0 saturated carbocycles. The largest absolute Gasteiger partial charge is 0.378 e. The topological polar surface area (TPSA) is 47.9 Å². The molecule has 1 atom stereocenters. The number of fused-ring (bicyclic) bond motifs is 1. The lowest BCUT2D eigenvalue weighted by Gasteiger charge is -2.20. The SMILES string of the molecule is N#Cc1cc(NC2CCNCc3ccccc32)ccc1F. The third kappa shape index (κ3) is 2.88. The number of hydrogen-bond donors (Lipinski definition) is 2. The van der Waals surface area contributed by atoms with Gasteiger partial charge in [-0.1, -0.05) is 24.3 Å². The zero-order chi connectivity index (χ0) is 14.7. The van der Waals surface area contributed by atoms with Gasteiger partial charge >= 0.3 is 0 Å². The Morgan fingerprint density at radius 1 is 1.24 bits per heavy atom. The molecule has 1 aliphatic heterocycles. The molecule has 0 radical (unpaired) electrons. The van der Waals surface area contributed by atoms with Crippen molar-refractivity contribution in [1.82, 2.24) is 5.32 Å². The Labute approximate surface area is 123 Å². The van der Waals surface area contributed by atoms with Crippen LogP contribution >= 0.6 is 0 Å². The van der Waals surface area contributed by atoms with Crippen molar-refractivity contribution in [2.24, 2.45) is 0 Å². The van der Waals surface area contributed by atoms with E-state index in [1.165, 1.54) is 17.2 Å². The summed E-state index contributed by atoms with van der Waals surface area (Å²) in [6, 6.07) is 14.9. The predicted molar refractivity (Wildman–Crippen MR) is 80.2 cm³/mol. The molecule has 2 N–H and O–H groups in total. The molecule has 3 nitrogen and oxygen atoms in total. The highest BCUT2D eigenvalue weighted by Gasteiger charge is 2.18. The minimum Gasteiger partial charge on any atom is -0.378 e. The number of hydrogen-bond acceptors (Lipinski definition) is 3. The molecule has 1 aliphatic rings. The van der Waals surface area contributed by atoms with E-state index < -0.39 is 5.82 Å². The minimum absolute atomic E-state index is 0.0695. The van der Waals surface area contributed by atoms with Crippen molar-refractivity contribution in [2.45, 2.75) is 19.0 Å². The number of nitrogens with one attached hydrogen (secondary N) is 2. The zero-order valence-corrected chi connectivity index (χ0v) is 11.6. The van der Waals surface area contributed by atoms with Crippen LogP contribution < -0.4 is 10.6 Å². The summed E-state index contributed by atoms with van der Waals surface area (Å²) in [5, 5.41) is 15.7. The molecule has 106 valence electrons. The normalized spacial score (nSPS) is 17.4. The van der Waals surface area contributed by atoms with Gasteiger partial charge in [0.05, 0.1) is 11.6 Å². The number of nitrogens with zero attached hydrogens (tertiary/aromatic N) is 1. The molecule has 0 aliphatic carbocycles. The zero-order valence-electron chi connectivity index (χ0n) is 11.6. The summed E-state index contributed by atoms with van der Waals surface area (Å²) in [6.45, 7) is 1.78. The Morgan fingerprint density at radius 2 is 2.10 bits per heavy atom. The Morgan fingerprint density at radius 3 is 2.95 bits per heavy atom. The summed E-state index contributed by atoms with van der Waals surface area (Å²) >= 11 is 0. The Kier molecular flexibility index (Phi) is 3.85. The highest BCUT2D eigenvalue weighted by Crippen LogP contribution is 2.28. The van der Waals surface area contributed by atoms with Crippen molar-refractivity contribution >= 4 is 5.69 Å². The lowest BCUT2D eigenvalue weighted by Crippen LogP contribution is -2.15. The first kappa shape index (κ1) is 13.6. The molecular weight excluding hydrogens is 265 g/mol. The molecule has 4 heteroatoms. The maximum Gasteiger partial charge on any atom is 0.141 e. The quantitative estimate of drug-likeness (QED) is 0.887. The number of nitriles is 1. The van der Waals surface area contributed by atoms with Crippen LogP contribution in [0.25, 0.3) is 0 Å². The number of halogens is 1. The van der Waals surface area contributed by atoms with E-state index in [2.05, 4.69) is 22.8 Å². The van der Waals surface area contributed by atoms with E-state index in [-0.39, 0.29) is 11.6 Å². The molecule has 0 bridgehead atoms. The van der Waals surface area contributed by atoms with Crippen molar-refractivity contribution < 1.29 is 4.39 Å². The van der Waals surface area contributed by atoms with Crippen LogP contribution in [0.15, 0.2) is 42.5 Å². The Balaban J connectivity index is 1.89. The van der Waals surface area contributed by atoms with E-state index in [4.69, 9.17) is 5.26 Å². The predicted octanol–water partition coefficient (Wildman–Crippen LogP) is 3.34. The van der Waals surface area contributed by atoms with Crippen molar-refractivity contribution in [1.29, 1.82) is 5.26 Å². The smallest absolute Gasteiger partial charge is 0.141 e. The average Bonchev–Trinajstić information content (AvgIpc) is 2.72. The number of benzene rings is 2. The van der Waals surface area contributed by atoms with Gasteiger partial charge in [-0.3, -0.25) is 0 Å². The van der Waals surface area contributed by atoms with Gasteiger partial charge in [0.15, 0.2) is 0 Å². The van der Waals surface area contributed by atoms with Gasteiger partial charge in [-0.25, -0.2) is 4.39 Å². The fourth-order valence-corrected chi connectivity index (χ4v) is 2.71. The molecule has 0 fully saturated rings. The molecule has 1 unspecified atom stereocenters. The van der Waals surface area contributed by atoms with Crippen LogP contribution in [-0.2, 0) is 6.54 Å². The van der Waals surface area contributed by atoms with Crippen LogP contribution in [0.3, 0.4) is 0 Å². The minimum atomic E-state index is -0.481. The summed E-state index contributed by atoms with van der Waals surface area (Å²) in [7, 11) is 0. The second-order valence-electron chi connectivity index (χ2n) is 5.17. The van der Waals surface area contributed by atoms with E-state index in [1.54, 1.807) is 12.1 Å². The van der Waals surface area contributed by atoms with Crippen LogP contribution in [0.2, 0.25) is 0 Å². The fraction of sp³-hybridized carbons (Fsp3) is 0.235. The molecular formula is C17H16FN3. The lowest BCUT2D eigenvalue weighted by atomic mass is 9.99. The highest BCUT2D eigenvalue weighted by atomic mass is 19.1. The summed E-state index contributed by atoms with van der Waals surface area (Å²) in [6.07, 6.45) is 0.941. The lowest BCUT2D eigenvalue weighted by molar-refractivity contribution is 0.622.